The molecule has 1 N–H and O–H groups in total. The van der Waals surface area contributed by atoms with Gasteiger partial charge in [-0.2, -0.15) is 0 Å². The van der Waals surface area contributed by atoms with Crippen molar-refractivity contribution in [1.29, 1.82) is 0 Å². The topological polar surface area (TPSA) is 32.3 Å². The van der Waals surface area contributed by atoms with Gasteiger partial charge in [0.25, 0.3) is 0 Å². The number of amides is 1. The largest absolute Gasteiger partial charge is 0.341 e. The third kappa shape index (κ3) is 5.52. The number of nitrogens with zero attached hydrogens (tertiary/aromatic N) is 1. The zero-order valence-electron chi connectivity index (χ0n) is 13.1. The first-order chi connectivity index (χ1) is 9.22. The van der Waals surface area contributed by atoms with E-state index in [1.54, 1.807) is 0 Å². The summed E-state index contributed by atoms with van der Waals surface area (Å²) in [5.41, 5.74) is 0. The molecule has 3 heteroatoms. The van der Waals surface area contributed by atoms with Crippen LogP contribution >= 0.6 is 0 Å². The molecule has 0 aromatic carbocycles. The summed E-state index contributed by atoms with van der Waals surface area (Å²) in [4.78, 5) is 14.8. The molecule has 3 nitrogen and oxygen atoms in total. The lowest BCUT2D eigenvalue weighted by Gasteiger charge is -2.29. The fourth-order valence-corrected chi connectivity index (χ4v) is 3.09. The molecule has 1 saturated heterocycles. The van der Waals surface area contributed by atoms with Gasteiger partial charge in [-0.15, -0.1) is 0 Å². The Morgan fingerprint density at radius 1 is 1.21 bits per heavy atom. The standard InChI is InChI=1S/C16H32N2O/c1-4-8-14(9-5-2)16(19)18(12-6-3)13-15-10-7-11-17-15/h14-15,17H,4-13H2,1-3H3. The van der Waals surface area contributed by atoms with Crippen molar-refractivity contribution in [2.75, 3.05) is 19.6 Å². The molecular weight excluding hydrogens is 236 g/mol. The minimum atomic E-state index is 0.253. The van der Waals surface area contributed by atoms with Crippen LogP contribution in [0.1, 0.15) is 65.7 Å². The van der Waals surface area contributed by atoms with Crippen molar-refractivity contribution >= 4 is 5.91 Å². The van der Waals surface area contributed by atoms with Crippen LogP contribution in [0.2, 0.25) is 0 Å². The molecule has 112 valence electrons. The molecule has 19 heavy (non-hydrogen) atoms. The number of hydrogen-bond donors (Lipinski definition) is 1. The zero-order valence-corrected chi connectivity index (χ0v) is 13.1. The highest BCUT2D eigenvalue weighted by Gasteiger charge is 2.25. The molecule has 0 aromatic rings. The fraction of sp³-hybridized carbons (Fsp3) is 0.938. The first kappa shape index (κ1) is 16.5. The molecule has 1 fully saturated rings. The molecule has 0 radical (unpaired) electrons. The van der Waals surface area contributed by atoms with Crippen LogP contribution in [-0.4, -0.2) is 36.5 Å². The van der Waals surface area contributed by atoms with E-state index in [2.05, 4.69) is 31.0 Å². The first-order valence-corrected chi connectivity index (χ1v) is 8.25. The lowest BCUT2D eigenvalue weighted by Crippen LogP contribution is -2.44. The smallest absolute Gasteiger partial charge is 0.225 e. The van der Waals surface area contributed by atoms with Gasteiger partial charge in [0.2, 0.25) is 5.91 Å². The molecule has 0 spiro atoms. The Hall–Kier alpha value is -0.570. The number of nitrogens with one attached hydrogen (secondary N) is 1. The van der Waals surface area contributed by atoms with E-state index in [1.807, 2.05) is 0 Å². The highest BCUT2D eigenvalue weighted by atomic mass is 16.2. The predicted octanol–water partition coefficient (Wildman–Crippen LogP) is 3.19. The molecule has 1 unspecified atom stereocenters. The summed E-state index contributed by atoms with van der Waals surface area (Å²) in [5.74, 6) is 0.655. The molecule has 1 aliphatic rings. The van der Waals surface area contributed by atoms with Gasteiger partial charge >= 0.3 is 0 Å². The molecule has 1 amide bonds. The van der Waals surface area contributed by atoms with E-state index in [4.69, 9.17) is 0 Å². The van der Waals surface area contributed by atoms with Crippen LogP contribution < -0.4 is 5.32 Å². The lowest BCUT2D eigenvalue weighted by molar-refractivity contribution is -0.136. The summed E-state index contributed by atoms with van der Waals surface area (Å²) in [6, 6.07) is 0.527. The minimum absolute atomic E-state index is 0.253. The van der Waals surface area contributed by atoms with Crippen LogP contribution in [0.25, 0.3) is 0 Å². The summed E-state index contributed by atoms with van der Waals surface area (Å²) in [5, 5.41) is 3.51. The van der Waals surface area contributed by atoms with Crippen LogP contribution in [0.3, 0.4) is 0 Å². The van der Waals surface area contributed by atoms with E-state index in [9.17, 15) is 4.79 Å². The van der Waals surface area contributed by atoms with Gasteiger partial charge in [0.05, 0.1) is 0 Å². The van der Waals surface area contributed by atoms with Gasteiger partial charge in [-0.3, -0.25) is 4.79 Å². The summed E-state index contributed by atoms with van der Waals surface area (Å²) in [7, 11) is 0. The van der Waals surface area contributed by atoms with Crippen LogP contribution in [-0.2, 0) is 4.79 Å². The van der Waals surface area contributed by atoms with E-state index >= 15 is 0 Å². The van der Waals surface area contributed by atoms with Crippen molar-refractivity contribution < 1.29 is 4.79 Å². The number of carbonyl (C=O) groups is 1. The molecule has 0 bridgehead atoms. The third-order valence-corrected chi connectivity index (χ3v) is 4.03. The van der Waals surface area contributed by atoms with E-state index in [0.29, 0.717) is 11.9 Å². The molecule has 1 atom stereocenters. The average molecular weight is 268 g/mol. The third-order valence-electron chi connectivity index (χ3n) is 4.03. The van der Waals surface area contributed by atoms with Crippen molar-refractivity contribution in [2.45, 2.75) is 71.8 Å². The Labute approximate surface area is 119 Å². The second kappa shape index (κ2) is 9.35. The summed E-state index contributed by atoms with van der Waals surface area (Å²) < 4.78 is 0. The fourth-order valence-electron chi connectivity index (χ4n) is 3.09. The van der Waals surface area contributed by atoms with Gasteiger partial charge < -0.3 is 10.2 Å². The van der Waals surface area contributed by atoms with Gasteiger partial charge in [0, 0.05) is 25.0 Å². The number of carbonyl (C=O) groups excluding carboxylic acids is 1. The van der Waals surface area contributed by atoms with Crippen molar-refractivity contribution in [3.8, 4) is 0 Å². The molecule has 1 rings (SSSR count). The van der Waals surface area contributed by atoms with E-state index in [1.165, 1.54) is 12.8 Å². The van der Waals surface area contributed by atoms with Gasteiger partial charge in [0.15, 0.2) is 0 Å². The Kier molecular flexibility index (Phi) is 8.11. The second-order valence-electron chi connectivity index (χ2n) is 5.85. The highest BCUT2D eigenvalue weighted by Crippen LogP contribution is 2.18. The molecule has 1 aliphatic heterocycles. The van der Waals surface area contributed by atoms with Gasteiger partial charge in [-0.25, -0.2) is 0 Å². The van der Waals surface area contributed by atoms with Crippen LogP contribution in [0.4, 0.5) is 0 Å². The Bertz CT molecular complexity index is 243. The summed E-state index contributed by atoms with van der Waals surface area (Å²) in [6.45, 7) is 9.47. The second-order valence-corrected chi connectivity index (χ2v) is 5.85. The number of rotatable bonds is 9. The van der Waals surface area contributed by atoms with Gasteiger partial charge in [-0.1, -0.05) is 33.6 Å². The van der Waals surface area contributed by atoms with E-state index < -0.39 is 0 Å². The quantitative estimate of drug-likeness (QED) is 0.696. The van der Waals surface area contributed by atoms with Gasteiger partial charge in [-0.05, 0) is 38.6 Å². The number of hydrogen-bond acceptors (Lipinski definition) is 2. The van der Waals surface area contributed by atoms with Crippen LogP contribution in [0.15, 0.2) is 0 Å². The van der Waals surface area contributed by atoms with Crippen molar-refractivity contribution in [3.05, 3.63) is 0 Å². The van der Waals surface area contributed by atoms with Crippen molar-refractivity contribution in [1.82, 2.24) is 10.2 Å². The summed E-state index contributed by atoms with van der Waals surface area (Å²) >= 11 is 0. The normalized spacial score (nSPS) is 19.1. The van der Waals surface area contributed by atoms with Crippen molar-refractivity contribution in [3.63, 3.8) is 0 Å². The maximum absolute atomic E-state index is 12.7. The molecule has 0 saturated carbocycles. The van der Waals surface area contributed by atoms with E-state index in [-0.39, 0.29) is 5.92 Å². The van der Waals surface area contributed by atoms with Gasteiger partial charge in [0.1, 0.15) is 0 Å². The average Bonchev–Trinajstić information content (AvgIpc) is 2.90. The maximum atomic E-state index is 12.7. The van der Waals surface area contributed by atoms with E-state index in [0.717, 1.165) is 51.7 Å². The summed E-state index contributed by atoms with van der Waals surface area (Å²) in [6.07, 6.45) is 7.85. The molecule has 1 heterocycles. The lowest BCUT2D eigenvalue weighted by atomic mass is 9.96. The Morgan fingerprint density at radius 2 is 1.89 bits per heavy atom. The Morgan fingerprint density at radius 3 is 2.37 bits per heavy atom. The first-order valence-electron chi connectivity index (χ1n) is 8.25. The van der Waals surface area contributed by atoms with Crippen molar-refractivity contribution in [2.24, 2.45) is 5.92 Å². The molecule has 0 aromatic heterocycles. The maximum Gasteiger partial charge on any atom is 0.225 e. The minimum Gasteiger partial charge on any atom is -0.341 e. The highest BCUT2D eigenvalue weighted by molar-refractivity contribution is 5.78. The van der Waals surface area contributed by atoms with Crippen LogP contribution in [0.5, 0.6) is 0 Å². The predicted molar refractivity (Wildman–Crippen MR) is 81.2 cm³/mol. The SMILES string of the molecule is CCCC(CCC)C(=O)N(CCC)CC1CCCN1. The van der Waals surface area contributed by atoms with Crippen LogP contribution in [0, 0.1) is 5.92 Å². The molecule has 0 aliphatic carbocycles. The molecular formula is C16H32N2O. The monoisotopic (exact) mass is 268 g/mol. The zero-order chi connectivity index (χ0) is 14.1. The Balaban J connectivity index is 2.57.